The molecule has 0 aromatic heterocycles. The van der Waals surface area contributed by atoms with E-state index in [4.69, 9.17) is 4.74 Å². The summed E-state index contributed by atoms with van der Waals surface area (Å²) in [5, 5.41) is 23.9. The Hall–Kier alpha value is -2.18. The van der Waals surface area contributed by atoms with E-state index in [1.165, 1.54) is 205 Å². The van der Waals surface area contributed by atoms with Crippen LogP contribution in [0.5, 0.6) is 0 Å². The second-order valence-corrected chi connectivity index (χ2v) is 20.8. The van der Waals surface area contributed by atoms with E-state index in [1.807, 2.05) is 0 Å². The largest absolute Gasteiger partial charge is 0.462 e. The number of nitrogens with one attached hydrogen (secondary N) is 1. The monoisotopic (exact) mass is 968 g/mol. The Morgan fingerprint density at radius 2 is 0.797 bits per heavy atom. The molecule has 0 heterocycles. The number of hydrogen-bond acceptors (Lipinski definition) is 5. The van der Waals surface area contributed by atoms with Crippen molar-refractivity contribution in [2.24, 2.45) is 0 Å². The number of esters is 1. The van der Waals surface area contributed by atoms with Crippen LogP contribution in [0, 0.1) is 0 Å². The number of carbonyl (C=O) groups excluding carboxylic acids is 2. The molecular weight excluding hydrogens is 851 g/mol. The molecule has 0 saturated heterocycles. The third kappa shape index (κ3) is 52.0. The Kier molecular flexibility index (Phi) is 54.9. The molecule has 0 aliphatic carbocycles. The Balaban J connectivity index is 4.54. The number of aliphatic hydroxyl groups excluding tert-OH is 2. The van der Waals surface area contributed by atoms with Crippen LogP contribution in [0.4, 0.5) is 0 Å². The van der Waals surface area contributed by atoms with Crippen molar-refractivity contribution >= 4 is 11.9 Å². The van der Waals surface area contributed by atoms with Crippen LogP contribution in [0.15, 0.2) is 48.6 Å². The molecule has 0 fully saturated rings. The summed E-state index contributed by atoms with van der Waals surface area (Å²) >= 11 is 0. The predicted molar refractivity (Wildman–Crippen MR) is 301 cm³/mol. The first kappa shape index (κ1) is 66.8. The maximum atomic E-state index is 13.3. The number of rotatable bonds is 55. The van der Waals surface area contributed by atoms with E-state index in [0.29, 0.717) is 19.3 Å². The number of unbranched alkanes of at least 4 members (excludes halogenated alkanes) is 36. The van der Waals surface area contributed by atoms with E-state index in [2.05, 4.69) is 74.7 Å². The molecule has 1 amide bonds. The summed E-state index contributed by atoms with van der Waals surface area (Å²) < 4.78 is 5.94. The molecule has 0 aromatic carbocycles. The van der Waals surface area contributed by atoms with Gasteiger partial charge < -0.3 is 20.3 Å². The van der Waals surface area contributed by atoms with Gasteiger partial charge in [-0.1, -0.05) is 275 Å². The lowest BCUT2D eigenvalue weighted by molar-refractivity contribution is -0.151. The van der Waals surface area contributed by atoms with Crippen molar-refractivity contribution in [2.75, 3.05) is 6.61 Å². The van der Waals surface area contributed by atoms with Crippen molar-refractivity contribution in [3.05, 3.63) is 48.6 Å². The van der Waals surface area contributed by atoms with Crippen molar-refractivity contribution in [3.63, 3.8) is 0 Å². The van der Waals surface area contributed by atoms with E-state index in [-0.39, 0.29) is 24.9 Å². The molecule has 0 bridgehead atoms. The Labute approximate surface area is 429 Å². The van der Waals surface area contributed by atoms with Gasteiger partial charge in [-0.25, -0.2) is 0 Å². The third-order valence-electron chi connectivity index (χ3n) is 13.9. The van der Waals surface area contributed by atoms with E-state index in [1.54, 1.807) is 0 Å². The molecule has 3 atom stereocenters. The van der Waals surface area contributed by atoms with Crippen LogP contribution in [0.3, 0.4) is 0 Å². The number of aliphatic hydroxyl groups is 2. The zero-order chi connectivity index (χ0) is 50.2. The van der Waals surface area contributed by atoms with Gasteiger partial charge in [-0.3, -0.25) is 9.59 Å². The zero-order valence-corrected chi connectivity index (χ0v) is 46.2. The second kappa shape index (κ2) is 56.7. The fourth-order valence-electron chi connectivity index (χ4n) is 9.28. The van der Waals surface area contributed by atoms with E-state index in [9.17, 15) is 19.8 Å². The number of ether oxygens (including phenoxy) is 1. The maximum absolute atomic E-state index is 13.3. The van der Waals surface area contributed by atoms with Crippen LogP contribution in [-0.4, -0.2) is 46.9 Å². The van der Waals surface area contributed by atoms with Gasteiger partial charge in [0.15, 0.2) is 0 Å². The summed E-state index contributed by atoms with van der Waals surface area (Å²) in [5.74, 6) is -0.513. The van der Waals surface area contributed by atoms with Crippen molar-refractivity contribution in [1.29, 1.82) is 0 Å². The van der Waals surface area contributed by atoms with E-state index < -0.39 is 18.2 Å². The topological polar surface area (TPSA) is 95.9 Å². The summed E-state index contributed by atoms with van der Waals surface area (Å²) in [4.78, 5) is 26.3. The van der Waals surface area contributed by atoms with Crippen LogP contribution in [-0.2, 0) is 14.3 Å². The van der Waals surface area contributed by atoms with Crippen LogP contribution >= 0.6 is 0 Å². The number of allylic oxidation sites excluding steroid dienone is 8. The quantitative estimate of drug-likeness (QED) is 0.0244. The minimum Gasteiger partial charge on any atom is -0.462 e. The fraction of sp³-hybridized carbons (Fsp3) is 0.841. The molecule has 6 heteroatoms. The summed E-state index contributed by atoms with van der Waals surface area (Å²) in [5.41, 5.74) is 0. The molecule has 3 unspecified atom stereocenters. The van der Waals surface area contributed by atoms with Crippen LogP contribution in [0.25, 0.3) is 0 Å². The van der Waals surface area contributed by atoms with Gasteiger partial charge in [0.05, 0.1) is 25.2 Å². The van der Waals surface area contributed by atoms with E-state index in [0.717, 1.165) is 64.2 Å². The van der Waals surface area contributed by atoms with Crippen molar-refractivity contribution < 1.29 is 24.5 Å². The standard InChI is InChI=1S/C63H117NO5/c1-4-7-10-13-16-19-22-25-28-30-31-33-35-38-41-44-47-50-53-56-63(68)69-59(54-51-48-45-42-39-36-27-24-21-18-15-12-9-6-3)57-62(67)64-60(58-65)61(66)55-52-49-46-43-40-37-34-32-29-26-23-20-17-14-11-8-5-2/h16,19,25,28,36,39,42,45,59-61,65-66H,4-15,17-18,20-24,26-27,29-35,37-38,40-41,43-44,46-58H2,1-3H3,(H,64,67)/b19-16-,28-25-,39-36+,45-42+. The van der Waals surface area contributed by atoms with Gasteiger partial charge in [-0.2, -0.15) is 0 Å². The highest BCUT2D eigenvalue weighted by molar-refractivity contribution is 5.77. The fourth-order valence-corrected chi connectivity index (χ4v) is 9.28. The van der Waals surface area contributed by atoms with Gasteiger partial charge in [0.25, 0.3) is 0 Å². The first-order valence-electron chi connectivity index (χ1n) is 30.4. The number of hydrogen-bond donors (Lipinski definition) is 3. The lowest BCUT2D eigenvalue weighted by Crippen LogP contribution is -2.46. The highest BCUT2D eigenvalue weighted by Gasteiger charge is 2.24. The number of amides is 1. The Morgan fingerprint density at radius 3 is 1.25 bits per heavy atom. The molecule has 404 valence electrons. The van der Waals surface area contributed by atoms with Gasteiger partial charge in [-0.15, -0.1) is 0 Å². The van der Waals surface area contributed by atoms with Crippen molar-refractivity contribution in [3.8, 4) is 0 Å². The predicted octanol–water partition coefficient (Wildman–Crippen LogP) is 19.0. The maximum Gasteiger partial charge on any atom is 0.306 e. The molecule has 0 saturated carbocycles. The second-order valence-electron chi connectivity index (χ2n) is 20.8. The third-order valence-corrected chi connectivity index (χ3v) is 13.9. The molecule has 69 heavy (non-hydrogen) atoms. The molecule has 0 rings (SSSR count). The number of carbonyl (C=O) groups is 2. The summed E-state index contributed by atoms with van der Waals surface area (Å²) in [6.07, 6.45) is 70.4. The minimum absolute atomic E-state index is 0.0446. The van der Waals surface area contributed by atoms with Crippen LogP contribution in [0.2, 0.25) is 0 Å². The molecule has 0 aromatic rings. The smallest absolute Gasteiger partial charge is 0.306 e. The highest BCUT2D eigenvalue weighted by Crippen LogP contribution is 2.18. The molecule has 0 spiro atoms. The van der Waals surface area contributed by atoms with Gasteiger partial charge in [0, 0.05) is 6.42 Å². The molecule has 0 radical (unpaired) electrons. The minimum atomic E-state index is -0.801. The highest BCUT2D eigenvalue weighted by atomic mass is 16.5. The van der Waals surface area contributed by atoms with Crippen molar-refractivity contribution in [2.45, 2.75) is 334 Å². The van der Waals surface area contributed by atoms with Gasteiger partial charge in [0.1, 0.15) is 6.10 Å². The first-order valence-corrected chi connectivity index (χ1v) is 30.4. The molecule has 3 N–H and O–H groups in total. The SMILES string of the molecule is CCCCC/C=C\C/C=C\CCCCCCCCCCCC(=O)OC(CCC/C=C/C=C/CCCCCCCCC)CC(=O)NC(CO)C(O)CCCCCCCCCCCCCCCCCCC. The van der Waals surface area contributed by atoms with Gasteiger partial charge in [0.2, 0.25) is 5.91 Å². The van der Waals surface area contributed by atoms with Gasteiger partial charge >= 0.3 is 5.97 Å². The van der Waals surface area contributed by atoms with Crippen molar-refractivity contribution in [1.82, 2.24) is 5.32 Å². The Morgan fingerprint density at radius 1 is 0.435 bits per heavy atom. The van der Waals surface area contributed by atoms with E-state index >= 15 is 0 Å². The zero-order valence-electron chi connectivity index (χ0n) is 46.2. The summed E-state index contributed by atoms with van der Waals surface area (Å²) in [7, 11) is 0. The normalized spacial score (nSPS) is 13.4. The summed E-state index contributed by atoms with van der Waals surface area (Å²) in [6.45, 7) is 6.48. The average molecular weight is 969 g/mol. The van der Waals surface area contributed by atoms with Crippen LogP contribution in [0.1, 0.15) is 316 Å². The van der Waals surface area contributed by atoms with Gasteiger partial charge in [-0.05, 0) is 77.0 Å². The molecule has 0 aliphatic rings. The summed E-state index contributed by atoms with van der Waals surface area (Å²) in [6, 6.07) is -0.717. The lowest BCUT2D eigenvalue weighted by atomic mass is 10.0. The molecule has 6 nitrogen and oxygen atoms in total. The van der Waals surface area contributed by atoms with Crippen LogP contribution < -0.4 is 5.32 Å². The first-order chi connectivity index (χ1) is 34.0. The average Bonchev–Trinajstić information content (AvgIpc) is 3.34. The lowest BCUT2D eigenvalue weighted by Gasteiger charge is -2.24. The molecule has 0 aliphatic heterocycles. The molecular formula is C63H117NO5. The Bertz CT molecular complexity index is 1180.